The van der Waals surface area contributed by atoms with Gasteiger partial charge in [-0.1, -0.05) is 24.3 Å². The summed E-state index contributed by atoms with van der Waals surface area (Å²) in [6, 6.07) is 8.82. The zero-order valence-electron chi connectivity index (χ0n) is 12.4. The van der Waals surface area contributed by atoms with Crippen LogP contribution in [0.1, 0.15) is 42.7 Å². The topological polar surface area (TPSA) is 66.6 Å². The zero-order valence-corrected chi connectivity index (χ0v) is 12.4. The third-order valence-electron chi connectivity index (χ3n) is 4.90. The lowest BCUT2D eigenvalue weighted by Gasteiger charge is -2.37. The van der Waals surface area contributed by atoms with Crippen molar-refractivity contribution in [1.29, 1.82) is 0 Å². The van der Waals surface area contributed by atoms with Gasteiger partial charge in [0.15, 0.2) is 0 Å². The first kappa shape index (κ1) is 14.4. The first-order valence-corrected chi connectivity index (χ1v) is 7.96. The maximum absolute atomic E-state index is 11.4. The highest BCUT2D eigenvalue weighted by Crippen LogP contribution is 2.40. The number of hydrogen-bond donors (Lipinski definition) is 2. The Morgan fingerprint density at radius 1 is 1.24 bits per heavy atom. The van der Waals surface area contributed by atoms with Crippen LogP contribution in [-0.4, -0.2) is 35.2 Å². The molecule has 3 rings (SSSR count). The molecule has 1 heterocycles. The van der Waals surface area contributed by atoms with Crippen LogP contribution >= 0.6 is 0 Å². The first-order valence-electron chi connectivity index (χ1n) is 7.96. The van der Waals surface area contributed by atoms with E-state index in [0.29, 0.717) is 19.0 Å². The van der Waals surface area contributed by atoms with Crippen molar-refractivity contribution in [3.05, 3.63) is 35.4 Å². The second-order valence-electron chi connectivity index (χ2n) is 6.48. The van der Waals surface area contributed by atoms with Gasteiger partial charge in [0.25, 0.3) is 0 Å². The molecule has 0 bridgehead atoms. The lowest BCUT2D eigenvalue weighted by molar-refractivity contribution is 0.0910. The standard InChI is InChI=1S/C17H24N2O2/c18-11-13-7-8-19(17(20)21)16(10-13)9-12-1-3-14(4-2-12)15-5-6-15/h1-4,13,15-16H,5-11,18H2,(H,20,21). The van der Waals surface area contributed by atoms with Crippen LogP contribution in [0.15, 0.2) is 24.3 Å². The van der Waals surface area contributed by atoms with Gasteiger partial charge in [-0.3, -0.25) is 0 Å². The van der Waals surface area contributed by atoms with E-state index in [1.54, 1.807) is 4.90 Å². The Hall–Kier alpha value is -1.55. The summed E-state index contributed by atoms with van der Waals surface area (Å²) in [5.41, 5.74) is 8.43. The number of nitrogens with zero attached hydrogens (tertiary/aromatic N) is 1. The lowest BCUT2D eigenvalue weighted by Crippen LogP contribution is -2.47. The van der Waals surface area contributed by atoms with Crippen LogP contribution in [0, 0.1) is 5.92 Å². The fourth-order valence-corrected chi connectivity index (χ4v) is 3.41. The van der Waals surface area contributed by atoms with Gasteiger partial charge in [-0.05, 0) is 61.6 Å². The molecule has 0 spiro atoms. The second-order valence-corrected chi connectivity index (χ2v) is 6.48. The third kappa shape index (κ3) is 3.38. The highest BCUT2D eigenvalue weighted by molar-refractivity contribution is 5.65. The molecule has 0 radical (unpaired) electrons. The number of carbonyl (C=O) groups is 1. The maximum Gasteiger partial charge on any atom is 0.407 e. The van der Waals surface area contributed by atoms with E-state index in [2.05, 4.69) is 24.3 Å². The van der Waals surface area contributed by atoms with Crippen LogP contribution < -0.4 is 5.73 Å². The Kier molecular flexibility index (Phi) is 4.15. The van der Waals surface area contributed by atoms with E-state index < -0.39 is 6.09 Å². The van der Waals surface area contributed by atoms with Crippen LogP contribution in [0.3, 0.4) is 0 Å². The van der Waals surface area contributed by atoms with Gasteiger partial charge in [-0.2, -0.15) is 0 Å². The number of likely N-dealkylation sites (tertiary alicyclic amines) is 1. The second kappa shape index (κ2) is 6.06. The molecule has 2 fully saturated rings. The van der Waals surface area contributed by atoms with E-state index in [1.807, 2.05) is 0 Å². The van der Waals surface area contributed by atoms with Gasteiger partial charge in [0.2, 0.25) is 0 Å². The summed E-state index contributed by atoms with van der Waals surface area (Å²) >= 11 is 0. The Morgan fingerprint density at radius 2 is 1.95 bits per heavy atom. The molecule has 1 amide bonds. The van der Waals surface area contributed by atoms with E-state index >= 15 is 0 Å². The van der Waals surface area contributed by atoms with Crippen molar-refractivity contribution >= 4 is 6.09 Å². The average molecular weight is 288 g/mol. The normalized spacial score (nSPS) is 25.9. The van der Waals surface area contributed by atoms with Gasteiger partial charge in [-0.15, -0.1) is 0 Å². The van der Waals surface area contributed by atoms with Gasteiger partial charge in [0, 0.05) is 12.6 Å². The third-order valence-corrected chi connectivity index (χ3v) is 4.90. The van der Waals surface area contributed by atoms with E-state index in [9.17, 15) is 9.90 Å². The molecule has 4 nitrogen and oxygen atoms in total. The van der Waals surface area contributed by atoms with E-state index in [4.69, 9.17) is 5.73 Å². The molecule has 1 saturated heterocycles. The smallest absolute Gasteiger partial charge is 0.407 e. The van der Waals surface area contributed by atoms with Gasteiger partial charge < -0.3 is 15.7 Å². The van der Waals surface area contributed by atoms with Gasteiger partial charge in [0.1, 0.15) is 0 Å². The molecule has 1 saturated carbocycles. The molecule has 3 N–H and O–H groups in total. The van der Waals surface area contributed by atoms with E-state index in [-0.39, 0.29) is 6.04 Å². The Morgan fingerprint density at radius 3 is 2.52 bits per heavy atom. The van der Waals surface area contributed by atoms with Crippen molar-refractivity contribution in [2.24, 2.45) is 11.7 Å². The van der Waals surface area contributed by atoms with Gasteiger partial charge in [-0.25, -0.2) is 4.79 Å². The van der Waals surface area contributed by atoms with E-state index in [1.165, 1.54) is 24.0 Å². The van der Waals surface area contributed by atoms with Crippen LogP contribution in [0.2, 0.25) is 0 Å². The molecule has 21 heavy (non-hydrogen) atoms. The predicted molar refractivity (Wildman–Crippen MR) is 82.4 cm³/mol. The summed E-state index contributed by atoms with van der Waals surface area (Å²) in [6.45, 7) is 1.27. The minimum atomic E-state index is -0.801. The van der Waals surface area contributed by atoms with Gasteiger partial charge >= 0.3 is 6.09 Å². The van der Waals surface area contributed by atoms with Gasteiger partial charge in [0.05, 0.1) is 0 Å². The Bertz CT molecular complexity index is 496. The van der Waals surface area contributed by atoms with Crippen molar-refractivity contribution in [2.45, 2.75) is 44.1 Å². The van der Waals surface area contributed by atoms with Crippen molar-refractivity contribution in [3.63, 3.8) is 0 Å². The van der Waals surface area contributed by atoms with Crippen LogP contribution in [0.25, 0.3) is 0 Å². The number of rotatable bonds is 4. The molecule has 114 valence electrons. The minimum absolute atomic E-state index is 0.0663. The molecule has 4 heteroatoms. The van der Waals surface area contributed by atoms with E-state index in [0.717, 1.165) is 25.2 Å². The Balaban J connectivity index is 1.68. The molecule has 2 unspecified atom stereocenters. The highest BCUT2D eigenvalue weighted by atomic mass is 16.4. The molecule has 0 aromatic heterocycles. The SMILES string of the molecule is NCC1CCN(C(=O)O)C(Cc2ccc(C3CC3)cc2)C1. The largest absolute Gasteiger partial charge is 0.465 e. The molecular formula is C17H24N2O2. The molecule has 1 aliphatic carbocycles. The number of piperidine rings is 1. The van der Waals surface area contributed by atoms with Crippen LogP contribution in [0.4, 0.5) is 4.79 Å². The molecule has 1 aromatic rings. The summed E-state index contributed by atoms with van der Waals surface area (Å²) in [4.78, 5) is 13.0. The number of hydrogen-bond acceptors (Lipinski definition) is 2. The van der Waals surface area contributed by atoms with Crippen molar-refractivity contribution in [2.75, 3.05) is 13.1 Å². The van der Waals surface area contributed by atoms with Crippen LogP contribution in [-0.2, 0) is 6.42 Å². The number of carboxylic acid groups (broad SMARTS) is 1. The quantitative estimate of drug-likeness (QED) is 0.895. The van der Waals surface area contributed by atoms with Crippen LogP contribution in [0.5, 0.6) is 0 Å². The predicted octanol–water partition coefficient (Wildman–Crippen LogP) is 2.82. The summed E-state index contributed by atoms with van der Waals surface area (Å²) in [6.07, 6.45) is 4.39. The van der Waals surface area contributed by atoms with Crippen molar-refractivity contribution in [1.82, 2.24) is 4.90 Å². The monoisotopic (exact) mass is 288 g/mol. The molecule has 2 aliphatic rings. The van der Waals surface area contributed by atoms with Crippen molar-refractivity contribution < 1.29 is 9.90 Å². The molecule has 2 atom stereocenters. The minimum Gasteiger partial charge on any atom is -0.465 e. The number of benzene rings is 1. The number of amides is 1. The highest BCUT2D eigenvalue weighted by Gasteiger charge is 2.31. The molecule has 1 aromatic carbocycles. The summed E-state index contributed by atoms with van der Waals surface area (Å²) in [5, 5.41) is 9.37. The average Bonchev–Trinajstić information content (AvgIpc) is 3.32. The summed E-state index contributed by atoms with van der Waals surface area (Å²) in [5.74, 6) is 1.22. The maximum atomic E-state index is 11.4. The fourth-order valence-electron chi connectivity index (χ4n) is 3.41. The summed E-state index contributed by atoms with van der Waals surface area (Å²) < 4.78 is 0. The fraction of sp³-hybridized carbons (Fsp3) is 0.588. The first-order chi connectivity index (χ1) is 10.2. The molecular weight excluding hydrogens is 264 g/mol. The molecule has 1 aliphatic heterocycles. The number of nitrogens with two attached hydrogens (primary N) is 1. The van der Waals surface area contributed by atoms with Crippen molar-refractivity contribution in [3.8, 4) is 0 Å². The zero-order chi connectivity index (χ0) is 14.8. The lowest BCUT2D eigenvalue weighted by atomic mass is 9.87. The Labute approximate surface area is 125 Å². The summed E-state index contributed by atoms with van der Waals surface area (Å²) in [7, 11) is 0.